The first kappa shape index (κ1) is 24.5. The number of nitro groups is 1. The summed E-state index contributed by atoms with van der Waals surface area (Å²) in [6.07, 6.45) is 3.97. The molecular weight excluding hydrogens is 497 g/mol. The van der Waals surface area contributed by atoms with E-state index >= 15 is 0 Å². The molecule has 1 aliphatic rings. The lowest BCUT2D eigenvalue weighted by Gasteiger charge is -2.32. The normalized spacial score (nSPS) is 15.3. The predicted molar refractivity (Wildman–Crippen MR) is 126 cm³/mol. The monoisotopic (exact) mass is 515 g/mol. The number of hydrogen-bond acceptors (Lipinski definition) is 6. The molecule has 2 aromatic carbocycles. The van der Waals surface area contributed by atoms with E-state index in [9.17, 15) is 23.3 Å². The summed E-state index contributed by atoms with van der Waals surface area (Å²) in [6, 6.07) is 9.57. The number of rotatable bonds is 6. The molecule has 32 heavy (non-hydrogen) atoms. The van der Waals surface area contributed by atoms with Crippen molar-refractivity contribution in [3.8, 4) is 0 Å². The van der Waals surface area contributed by atoms with Gasteiger partial charge in [-0.05, 0) is 35.9 Å². The summed E-state index contributed by atoms with van der Waals surface area (Å²) < 4.78 is 24.5. The van der Waals surface area contributed by atoms with Crippen LogP contribution in [0.25, 0.3) is 6.08 Å². The minimum atomic E-state index is -3.28. The Balaban J connectivity index is 1.72. The number of nitrogens with zero attached hydrogens (tertiary/aromatic N) is 3. The van der Waals surface area contributed by atoms with Crippen molar-refractivity contribution < 1.29 is 18.1 Å². The Labute approximate surface area is 200 Å². The molecule has 0 unspecified atom stereocenters. The Hall–Kier alpha value is -2.11. The van der Waals surface area contributed by atoms with Gasteiger partial charge in [-0.25, -0.2) is 8.42 Å². The average Bonchev–Trinajstić information content (AvgIpc) is 2.74. The van der Waals surface area contributed by atoms with Crippen LogP contribution in [0.15, 0.2) is 52.3 Å². The van der Waals surface area contributed by atoms with E-state index in [2.05, 4.69) is 0 Å². The maximum Gasteiger partial charge on any atom is 0.283 e. The number of carbonyl (C=O) groups is 1. The fourth-order valence-electron chi connectivity index (χ4n) is 3.06. The highest BCUT2D eigenvalue weighted by molar-refractivity contribution is 7.99. The molecule has 0 atom stereocenters. The van der Waals surface area contributed by atoms with Crippen molar-refractivity contribution in [3.63, 3.8) is 0 Å². The Morgan fingerprint density at radius 1 is 1.09 bits per heavy atom. The van der Waals surface area contributed by atoms with E-state index in [1.165, 1.54) is 22.5 Å². The SMILES string of the molecule is CS(=O)(=O)N1CCN(C(=O)/C=C/c2ccc(Sc3ccc(Cl)cc3Cl)c([N+](=O)[O-])c2)CC1. The van der Waals surface area contributed by atoms with Crippen LogP contribution in [0.4, 0.5) is 5.69 Å². The molecule has 0 bridgehead atoms. The van der Waals surface area contributed by atoms with E-state index in [4.69, 9.17) is 23.2 Å². The molecule has 0 aliphatic carbocycles. The zero-order chi connectivity index (χ0) is 23.5. The van der Waals surface area contributed by atoms with Crippen molar-refractivity contribution in [1.29, 1.82) is 0 Å². The lowest BCUT2D eigenvalue weighted by atomic mass is 10.2. The standard InChI is InChI=1S/C20H19Cl2N3O5S2/c1-32(29,30)24-10-8-23(9-11-24)20(26)7-3-14-2-5-19(17(12-14)25(27)28)31-18-6-4-15(21)13-16(18)22/h2-7,12-13H,8-11H2,1H3/b7-3+. The molecule has 0 radical (unpaired) electrons. The number of piperazine rings is 1. The molecule has 1 amide bonds. The van der Waals surface area contributed by atoms with E-state index in [1.807, 2.05) is 0 Å². The first-order valence-electron chi connectivity index (χ1n) is 9.38. The van der Waals surface area contributed by atoms with Crippen LogP contribution in [-0.2, 0) is 14.8 Å². The Bertz CT molecular complexity index is 1180. The van der Waals surface area contributed by atoms with Crippen molar-refractivity contribution >= 4 is 62.7 Å². The Kier molecular flexibility index (Phi) is 7.84. The third-order valence-corrected chi connectivity index (χ3v) is 7.84. The summed E-state index contributed by atoms with van der Waals surface area (Å²) in [4.78, 5) is 26.1. The zero-order valence-corrected chi connectivity index (χ0v) is 20.0. The summed E-state index contributed by atoms with van der Waals surface area (Å²) >= 11 is 13.2. The van der Waals surface area contributed by atoms with Crippen LogP contribution in [0.3, 0.4) is 0 Å². The van der Waals surface area contributed by atoms with E-state index in [1.54, 1.807) is 35.2 Å². The minimum Gasteiger partial charge on any atom is -0.337 e. The molecule has 1 fully saturated rings. The molecule has 3 rings (SSSR count). The third-order valence-electron chi connectivity index (χ3n) is 4.73. The highest BCUT2D eigenvalue weighted by Gasteiger charge is 2.25. The van der Waals surface area contributed by atoms with Gasteiger partial charge in [0.1, 0.15) is 0 Å². The first-order chi connectivity index (χ1) is 15.0. The second kappa shape index (κ2) is 10.2. The van der Waals surface area contributed by atoms with Crippen LogP contribution in [0.5, 0.6) is 0 Å². The van der Waals surface area contributed by atoms with Gasteiger partial charge in [0, 0.05) is 48.2 Å². The first-order valence-corrected chi connectivity index (χ1v) is 12.8. The lowest BCUT2D eigenvalue weighted by Crippen LogP contribution is -2.49. The second-order valence-electron chi connectivity index (χ2n) is 6.98. The second-order valence-corrected chi connectivity index (χ2v) is 10.9. The van der Waals surface area contributed by atoms with Crippen LogP contribution in [0.2, 0.25) is 10.0 Å². The summed E-state index contributed by atoms with van der Waals surface area (Å²) in [5, 5.41) is 12.4. The van der Waals surface area contributed by atoms with Crippen molar-refractivity contribution in [3.05, 3.63) is 68.2 Å². The fourth-order valence-corrected chi connectivity index (χ4v) is 5.31. The third kappa shape index (κ3) is 6.23. The van der Waals surface area contributed by atoms with Crippen LogP contribution in [-0.4, -0.2) is 60.9 Å². The van der Waals surface area contributed by atoms with E-state index < -0.39 is 14.9 Å². The number of halogens is 2. The summed E-state index contributed by atoms with van der Waals surface area (Å²) in [5.74, 6) is -0.285. The van der Waals surface area contributed by atoms with E-state index in [-0.39, 0.29) is 37.8 Å². The smallest absolute Gasteiger partial charge is 0.283 e. The van der Waals surface area contributed by atoms with Crippen LogP contribution in [0, 0.1) is 10.1 Å². The summed E-state index contributed by atoms with van der Waals surface area (Å²) in [5.41, 5.74) is 0.378. The molecule has 0 aromatic heterocycles. The predicted octanol–water partition coefficient (Wildman–Crippen LogP) is 4.17. The number of sulfonamides is 1. The van der Waals surface area contributed by atoms with E-state index in [0.29, 0.717) is 25.4 Å². The van der Waals surface area contributed by atoms with Gasteiger partial charge < -0.3 is 4.90 Å². The average molecular weight is 516 g/mol. The fraction of sp³-hybridized carbons (Fsp3) is 0.250. The topological polar surface area (TPSA) is 101 Å². The number of carbonyl (C=O) groups excluding carboxylic acids is 1. The van der Waals surface area contributed by atoms with Crippen molar-refractivity contribution in [2.75, 3.05) is 32.4 Å². The van der Waals surface area contributed by atoms with Crippen molar-refractivity contribution in [2.24, 2.45) is 0 Å². The van der Waals surface area contributed by atoms with Gasteiger partial charge in [0.25, 0.3) is 5.69 Å². The molecule has 1 heterocycles. The summed E-state index contributed by atoms with van der Waals surface area (Å²) in [6.45, 7) is 1.05. The Morgan fingerprint density at radius 3 is 2.34 bits per heavy atom. The Morgan fingerprint density at radius 2 is 1.75 bits per heavy atom. The maximum absolute atomic E-state index is 12.4. The van der Waals surface area contributed by atoms with Crippen molar-refractivity contribution in [2.45, 2.75) is 9.79 Å². The number of hydrogen-bond donors (Lipinski definition) is 0. The zero-order valence-electron chi connectivity index (χ0n) is 16.9. The van der Waals surface area contributed by atoms with Gasteiger partial charge in [-0.15, -0.1) is 0 Å². The quantitative estimate of drug-likeness (QED) is 0.325. The number of amides is 1. The molecular formula is C20H19Cl2N3O5S2. The minimum absolute atomic E-state index is 0.114. The highest BCUT2D eigenvalue weighted by Crippen LogP contribution is 2.39. The van der Waals surface area contributed by atoms with Crippen LogP contribution >= 0.6 is 35.0 Å². The van der Waals surface area contributed by atoms with Gasteiger partial charge in [-0.1, -0.05) is 41.0 Å². The molecule has 0 N–H and O–H groups in total. The van der Waals surface area contributed by atoms with Gasteiger partial charge in [0.15, 0.2) is 0 Å². The van der Waals surface area contributed by atoms with Crippen LogP contribution < -0.4 is 0 Å². The molecule has 0 saturated carbocycles. The number of nitro benzene ring substituents is 1. The molecule has 8 nitrogen and oxygen atoms in total. The lowest BCUT2D eigenvalue weighted by molar-refractivity contribution is -0.387. The molecule has 12 heteroatoms. The summed E-state index contributed by atoms with van der Waals surface area (Å²) in [7, 11) is -3.28. The molecule has 1 saturated heterocycles. The van der Waals surface area contributed by atoms with E-state index in [0.717, 1.165) is 18.0 Å². The maximum atomic E-state index is 12.4. The largest absolute Gasteiger partial charge is 0.337 e. The van der Waals surface area contributed by atoms with Gasteiger partial charge >= 0.3 is 0 Å². The molecule has 1 aliphatic heterocycles. The van der Waals surface area contributed by atoms with Gasteiger partial charge in [0.2, 0.25) is 15.9 Å². The van der Waals surface area contributed by atoms with Crippen LogP contribution in [0.1, 0.15) is 5.56 Å². The molecule has 2 aromatic rings. The van der Waals surface area contributed by atoms with Crippen molar-refractivity contribution in [1.82, 2.24) is 9.21 Å². The highest BCUT2D eigenvalue weighted by atomic mass is 35.5. The number of benzene rings is 2. The molecule has 0 spiro atoms. The molecule has 170 valence electrons. The van der Waals surface area contributed by atoms with Gasteiger partial charge in [-0.2, -0.15) is 4.31 Å². The van der Waals surface area contributed by atoms with Gasteiger partial charge in [0.05, 0.1) is 21.1 Å². The van der Waals surface area contributed by atoms with Gasteiger partial charge in [-0.3, -0.25) is 14.9 Å².